The van der Waals surface area contributed by atoms with E-state index < -0.39 is 12.4 Å². The van der Waals surface area contributed by atoms with E-state index in [1.807, 2.05) is 17.0 Å². The van der Waals surface area contributed by atoms with Crippen LogP contribution in [0.3, 0.4) is 0 Å². The molecule has 13 heteroatoms. The van der Waals surface area contributed by atoms with E-state index in [4.69, 9.17) is 0 Å². The molecule has 0 bridgehead atoms. The predicted molar refractivity (Wildman–Crippen MR) is 191 cm³/mol. The Morgan fingerprint density at radius 1 is 0.923 bits per heavy atom. The number of hydrogen-bond donors (Lipinski definition) is 2. The van der Waals surface area contributed by atoms with Crippen LogP contribution in [0.2, 0.25) is 0 Å². The number of hydrogen-bond acceptors (Lipinski definition) is 7. The van der Waals surface area contributed by atoms with Crippen molar-refractivity contribution >= 4 is 23.4 Å². The number of nitrogens with zero attached hydrogens (tertiary/aromatic N) is 3. The van der Waals surface area contributed by atoms with Crippen LogP contribution in [-0.2, 0) is 27.9 Å². The number of ether oxygens (including phenoxy) is 1. The molecule has 278 valence electrons. The summed E-state index contributed by atoms with van der Waals surface area (Å²) in [6.45, 7) is 6.55. The van der Waals surface area contributed by atoms with Crippen LogP contribution in [0, 0.1) is 19.8 Å². The number of imide groups is 1. The lowest BCUT2D eigenvalue weighted by atomic mass is 9.88. The highest BCUT2D eigenvalue weighted by molar-refractivity contribution is 6.01. The molecular weight excluding hydrogens is 675 g/mol. The Labute approximate surface area is 301 Å². The maximum atomic E-state index is 13.5. The molecule has 3 fully saturated rings. The molecule has 10 nitrogen and oxygen atoms in total. The number of likely N-dealkylation sites (tertiary alicyclic amines) is 2. The largest absolute Gasteiger partial charge is 0.573 e. The Balaban J connectivity index is 0.984. The number of nitrogens with one attached hydrogen (secondary N) is 2. The lowest BCUT2D eigenvalue weighted by Crippen LogP contribution is -2.47. The van der Waals surface area contributed by atoms with Gasteiger partial charge in [-0.3, -0.25) is 29.4 Å². The van der Waals surface area contributed by atoms with Crippen molar-refractivity contribution in [2.24, 2.45) is 13.0 Å². The maximum absolute atomic E-state index is 13.5. The first-order valence-corrected chi connectivity index (χ1v) is 18.0. The third-order valence-electron chi connectivity index (χ3n) is 10.9. The van der Waals surface area contributed by atoms with Gasteiger partial charge in [-0.1, -0.05) is 24.3 Å². The second kappa shape index (κ2) is 15.5. The molecule has 6 rings (SSSR count). The zero-order valence-corrected chi connectivity index (χ0v) is 29.9. The molecule has 1 unspecified atom stereocenters. The number of amides is 3. The Kier molecular flexibility index (Phi) is 11.1. The fraction of sp³-hybridized carbons (Fsp3) is 0.487. The summed E-state index contributed by atoms with van der Waals surface area (Å²) in [5.41, 5.74) is 4.84. The number of carbonyl (C=O) groups excluding carboxylic acids is 3. The first kappa shape index (κ1) is 37.1. The molecule has 0 spiro atoms. The topological polar surface area (TPSA) is 113 Å². The van der Waals surface area contributed by atoms with Gasteiger partial charge in [0.25, 0.3) is 5.56 Å². The van der Waals surface area contributed by atoms with Crippen molar-refractivity contribution in [3.8, 4) is 16.9 Å². The number of aryl methyl sites for hydroxylation is 1. The van der Waals surface area contributed by atoms with E-state index in [0.29, 0.717) is 85.7 Å². The van der Waals surface area contributed by atoms with Gasteiger partial charge in [0.2, 0.25) is 17.7 Å². The Morgan fingerprint density at radius 3 is 2.27 bits per heavy atom. The second-order valence-corrected chi connectivity index (χ2v) is 14.4. The van der Waals surface area contributed by atoms with Gasteiger partial charge in [0.05, 0.1) is 6.54 Å². The molecule has 1 aromatic heterocycles. The molecule has 3 aliphatic rings. The standard InChI is InChI=1S/C39H46F3N5O5/c1-24-25(2)38(51)45(3)22-32(24)29-4-5-30(34(21-29)52-39(40,41)42)20-26-12-16-46(17-13-26)23-36(49)47-18-14-28(15-19-47)27-6-8-31(9-7-27)43-33-10-11-35(48)44-37(33)50/h4-9,21-22,26,28,33,43H,10-20,23H2,1-3H3,(H,44,48,50). The highest BCUT2D eigenvalue weighted by atomic mass is 19.4. The molecule has 52 heavy (non-hydrogen) atoms. The number of rotatable bonds is 9. The average Bonchev–Trinajstić information content (AvgIpc) is 3.11. The molecule has 0 radical (unpaired) electrons. The second-order valence-electron chi connectivity index (χ2n) is 14.4. The molecule has 3 aliphatic heterocycles. The third-order valence-corrected chi connectivity index (χ3v) is 10.9. The van der Waals surface area contributed by atoms with E-state index in [0.717, 1.165) is 31.4 Å². The quantitative estimate of drug-likeness (QED) is 0.283. The van der Waals surface area contributed by atoms with Crippen molar-refractivity contribution in [3.63, 3.8) is 0 Å². The van der Waals surface area contributed by atoms with Gasteiger partial charge in [-0.25, -0.2) is 0 Å². The normalized spacial score (nSPS) is 19.4. The zero-order valence-electron chi connectivity index (χ0n) is 29.9. The maximum Gasteiger partial charge on any atom is 0.573 e. The SMILES string of the molecule is Cc1c(-c2ccc(CC3CCN(CC(=O)N4CCC(c5ccc(NC6CCC(=O)NC6=O)cc5)CC4)CC3)c(OC(F)(F)F)c2)cn(C)c(=O)c1C. The van der Waals surface area contributed by atoms with Crippen LogP contribution in [0.5, 0.6) is 5.75 Å². The van der Waals surface area contributed by atoms with Gasteiger partial charge in [0, 0.05) is 49.6 Å². The molecule has 1 atom stereocenters. The number of pyridine rings is 1. The highest BCUT2D eigenvalue weighted by Crippen LogP contribution is 2.36. The number of benzene rings is 2. The summed E-state index contributed by atoms with van der Waals surface area (Å²) in [7, 11) is 1.62. The fourth-order valence-corrected chi connectivity index (χ4v) is 7.67. The lowest BCUT2D eigenvalue weighted by molar-refractivity contribution is -0.274. The van der Waals surface area contributed by atoms with Crippen LogP contribution >= 0.6 is 0 Å². The van der Waals surface area contributed by atoms with Gasteiger partial charge >= 0.3 is 6.36 Å². The summed E-state index contributed by atoms with van der Waals surface area (Å²) >= 11 is 0. The summed E-state index contributed by atoms with van der Waals surface area (Å²) in [6, 6.07) is 12.5. The molecule has 4 heterocycles. The van der Waals surface area contributed by atoms with Gasteiger partial charge in [0.15, 0.2) is 0 Å². The third kappa shape index (κ3) is 8.86. The summed E-state index contributed by atoms with van der Waals surface area (Å²) in [5, 5.41) is 5.57. The predicted octanol–water partition coefficient (Wildman–Crippen LogP) is 5.45. The minimum Gasteiger partial charge on any atom is -0.405 e. The summed E-state index contributed by atoms with van der Waals surface area (Å²) < 4.78 is 46.5. The molecule has 2 aromatic carbocycles. The van der Waals surface area contributed by atoms with Gasteiger partial charge < -0.3 is 19.5 Å². The van der Waals surface area contributed by atoms with Crippen molar-refractivity contribution in [1.29, 1.82) is 0 Å². The van der Waals surface area contributed by atoms with Crippen LogP contribution in [0.25, 0.3) is 11.1 Å². The number of aromatic nitrogens is 1. The smallest absolute Gasteiger partial charge is 0.405 e. The van der Waals surface area contributed by atoms with Crippen LogP contribution in [0.4, 0.5) is 18.9 Å². The van der Waals surface area contributed by atoms with Crippen LogP contribution in [-0.4, -0.2) is 77.2 Å². The van der Waals surface area contributed by atoms with Gasteiger partial charge in [-0.15, -0.1) is 13.2 Å². The number of alkyl halides is 3. The molecule has 0 saturated carbocycles. The van der Waals surface area contributed by atoms with Gasteiger partial charge in [-0.05, 0) is 118 Å². The molecule has 3 amide bonds. The van der Waals surface area contributed by atoms with E-state index in [9.17, 15) is 32.3 Å². The molecule has 2 N–H and O–H groups in total. The number of carbonyl (C=O) groups is 3. The fourth-order valence-electron chi connectivity index (χ4n) is 7.67. The van der Waals surface area contributed by atoms with Gasteiger partial charge in [0.1, 0.15) is 11.8 Å². The first-order valence-electron chi connectivity index (χ1n) is 18.0. The Hall–Kier alpha value is -4.65. The summed E-state index contributed by atoms with van der Waals surface area (Å²) in [6.07, 6.45) is 1.25. The number of piperidine rings is 3. The lowest BCUT2D eigenvalue weighted by Gasteiger charge is -2.36. The van der Waals surface area contributed by atoms with Crippen molar-refractivity contribution < 1.29 is 32.3 Å². The minimum atomic E-state index is -4.85. The molecule has 3 aromatic rings. The van der Waals surface area contributed by atoms with Crippen molar-refractivity contribution in [1.82, 2.24) is 19.7 Å². The average molecular weight is 722 g/mol. The van der Waals surface area contributed by atoms with Crippen LogP contribution in [0.1, 0.15) is 66.7 Å². The van der Waals surface area contributed by atoms with E-state index in [2.05, 4.69) is 32.4 Å². The Bertz CT molecular complexity index is 1860. The van der Waals surface area contributed by atoms with E-state index >= 15 is 0 Å². The first-order chi connectivity index (χ1) is 24.7. The number of halogens is 3. The number of anilines is 1. The summed E-state index contributed by atoms with van der Waals surface area (Å²) in [5.74, 6) is -0.192. The molecular formula is C39H46F3N5O5. The molecule has 3 saturated heterocycles. The van der Waals surface area contributed by atoms with Gasteiger partial charge in [-0.2, -0.15) is 0 Å². The van der Waals surface area contributed by atoms with Crippen LogP contribution in [0.15, 0.2) is 53.5 Å². The summed E-state index contributed by atoms with van der Waals surface area (Å²) in [4.78, 5) is 53.1. The molecule has 0 aliphatic carbocycles. The van der Waals surface area contributed by atoms with E-state index in [1.54, 1.807) is 39.2 Å². The van der Waals surface area contributed by atoms with E-state index in [1.165, 1.54) is 16.2 Å². The minimum absolute atomic E-state index is 0.0982. The zero-order chi connectivity index (χ0) is 37.2. The van der Waals surface area contributed by atoms with Crippen LogP contribution < -0.4 is 20.9 Å². The van der Waals surface area contributed by atoms with Crippen molar-refractivity contribution in [2.45, 2.75) is 77.1 Å². The van der Waals surface area contributed by atoms with Crippen molar-refractivity contribution in [2.75, 3.05) is 38.0 Å². The highest BCUT2D eigenvalue weighted by Gasteiger charge is 2.33. The van der Waals surface area contributed by atoms with E-state index in [-0.39, 0.29) is 34.9 Å². The Morgan fingerprint density at radius 2 is 1.62 bits per heavy atom. The monoisotopic (exact) mass is 721 g/mol. The van der Waals surface area contributed by atoms with Crippen molar-refractivity contribution in [3.05, 3.63) is 81.3 Å².